The van der Waals surface area contributed by atoms with Crippen LogP contribution in [0.1, 0.15) is 5.56 Å². The zero-order valence-electron chi connectivity index (χ0n) is 11.0. The molecule has 1 atom stereocenters. The number of hydrogen-bond donors (Lipinski definition) is 3. The molecule has 0 bridgehead atoms. The number of carbonyl (C=O) groups is 2. The van der Waals surface area contributed by atoms with Gasteiger partial charge in [-0.25, -0.2) is 4.79 Å². The Morgan fingerprint density at radius 1 is 1.52 bits per heavy atom. The van der Waals surface area contributed by atoms with Crippen LogP contribution in [0.2, 0.25) is 5.02 Å². The maximum absolute atomic E-state index is 12.2. The van der Waals surface area contributed by atoms with Crippen LogP contribution in [0.4, 0.5) is 10.5 Å². The van der Waals surface area contributed by atoms with E-state index in [-0.39, 0.29) is 18.1 Å². The van der Waals surface area contributed by atoms with Gasteiger partial charge in [0.15, 0.2) is 0 Å². The number of nitrogens with zero attached hydrogens (tertiary/aromatic N) is 2. The number of carbonyl (C=O) groups excluding carboxylic acids is 1. The first kappa shape index (κ1) is 15.1. The van der Waals surface area contributed by atoms with Gasteiger partial charge in [-0.1, -0.05) is 11.6 Å². The van der Waals surface area contributed by atoms with Gasteiger partial charge in [-0.15, -0.1) is 0 Å². The molecule has 1 aliphatic heterocycles. The lowest BCUT2D eigenvalue weighted by Crippen LogP contribution is -2.58. The number of rotatable bonds is 2. The molecule has 1 aromatic carbocycles. The van der Waals surface area contributed by atoms with E-state index < -0.39 is 18.0 Å². The highest BCUT2D eigenvalue weighted by molar-refractivity contribution is 6.32. The van der Waals surface area contributed by atoms with Gasteiger partial charge < -0.3 is 15.7 Å². The number of nitrogens with one attached hydrogen (secondary N) is 2. The Morgan fingerprint density at radius 2 is 2.29 bits per heavy atom. The van der Waals surface area contributed by atoms with E-state index in [4.69, 9.17) is 22.0 Å². The number of anilines is 1. The molecule has 0 spiro atoms. The van der Waals surface area contributed by atoms with Crippen LogP contribution in [0.3, 0.4) is 0 Å². The summed E-state index contributed by atoms with van der Waals surface area (Å²) in [4.78, 5) is 24.4. The summed E-state index contributed by atoms with van der Waals surface area (Å²) in [5, 5.41) is 23.7. The van der Waals surface area contributed by atoms with Gasteiger partial charge in [0.25, 0.3) is 0 Å². The van der Waals surface area contributed by atoms with Gasteiger partial charge in [-0.3, -0.25) is 9.69 Å². The Hall–Kier alpha value is -2.30. The topological polar surface area (TPSA) is 105 Å². The monoisotopic (exact) mass is 308 g/mol. The van der Waals surface area contributed by atoms with Gasteiger partial charge in [-0.2, -0.15) is 5.26 Å². The number of amides is 2. The van der Waals surface area contributed by atoms with Crippen molar-refractivity contribution in [3.8, 4) is 6.07 Å². The van der Waals surface area contributed by atoms with Crippen molar-refractivity contribution >= 4 is 29.3 Å². The predicted molar refractivity (Wildman–Crippen MR) is 76.2 cm³/mol. The lowest BCUT2D eigenvalue weighted by molar-refractivity contribution is -0.121. The highest BCUT2D eigenvalue weighted by Gasteiger charge is 2.32. The molecule has 21 heavy (non-hydrogen) atoms. The molecule has 0 aromatic heterocycles. The van der Waals surface area contributed by atoms with Gasteiger partial charge in [0.05, 0.1) is 10.6 Å². The zero-order chi connectivity index (χ0) is 15.4. The fraction of sp³-hybridized carbons (Fsp3) is 0.308. The normalized spacial score (nSPS) is 17.9. The summed E-state index contributed by atoms with van der Waals surface area (Å²) >= 11 is 5.89. The van der Waals surface area contributed by atoms with Gasteiger partial charge in [-0.05, 0) is 18.2 Å². The second-order valence-corrected chi connectivity index (χ2v) is 4.90. The van der Waals surface area contributed by atoms with Crippen LogP contribution in [0.15, 0.2) is 18.2 Å². The van der Waals surface area contributed by atoms with Crippen LogP contribution in [0.5, 0.6) is 0 Å². The Kier molecular flexibility index (Phi) is 4.62. The molecular weight excluding hydrogens is 296 g/mol. The molecule has 3 N–H and O–H groups in total. The van der Waals surface area contributed by atoms with Crippen LogP contribution < -0.4 is 10.6 Å². The molecule has 1 unspecified atom stereocenters. The Labute approximate surface area is 126 Å². The second kappa shape index (κ2) is 6.43. The first-order valence-electron chi connectivity index (χ1n) is 6.23. The van der Waals surface area contributed by atoms with Crippen LogP contribution in [0, 0.1) is 11.3 Å². The molecule has 8 heteroatoms. The minimum absolute atomic E-state index is 0.229. The fourth-order valence-corrected chi connectivity index (χ4v) is 2.30. The molecule has 7 nitrogen and oxygen atoms in total. The Morgan fingerprint density at radius 3 is 2.90 bits per heavy atom. The van der Waals surface area contributed by atoms with Crippen molar-refractivity contribution in [3.63, 3.8) is 0 Å². The van der Waals surface area contributed by atoms with Gasteiger partial charge in [0.2, 0.25) is 5.91 Å². The fourth-order valence-electron chi connectivity index (χ4n) is 2.08. The van der Waals surface area contributed by atoms with Crippen molar-refractivity contribution in [1.82, 2.24) is 10.2 Å². The summed E-state index contributed by atoms with van der Waals surface area (Å²) in [6.45, 7) is 1.02. The molecule has 2 rings (SSSR count). The summed E-state index contributed by atoms with van der Waals surface area (Å²) in [5.41, 5.74) is 0.723. The molecule has 0 radical (unpaired) electrons. The maximum atomic E-state index is 12.2. The van der Waals surface area contributed by atoms with Gasteiger partial charge in [0.1, 0.15) is 12.1 Å². The molecular formula is C13H13ClN4O3. The SMILES string of the molecule is N#Cc1ccc(NC(=O)C2CNCCN2C(=O)O)cc1Cl. The van der Waals surface area contributed by atoms with Gasteiger partial charge in [0, 0.05) is 25.3 Å². The molecule has 1 saturated heterocycles. The quantitative estimate of drug-likeness (QED) is 0.758. The molecule has 1 fully saturated rings. The number of benzene rings is 1. The van der Waals surface area contributed by atoms with Crippen molar-refractivity contribution in [2.45, 2.75) is 6.04 Å². The third-order valence-electron chi connectivity index (χ3n) is 3.15. The van der Waals surface area contributed by atoms with Crippen molar-refractivity contribution in [3.05, 3.63) is 28.8 Å². The summed E-state index contributed by atoms with van der Waals surface area (Å²) in [6.07, 6.45) is -1.13. The maximum Gasteiger partial charge on any atom is 0.408 e. The van der Waals surface area contributed by atoms with Crippen LogP contribution in [0.25, 0.3) is 0 Å². The molecule has 1 heterocycles. The van der Waals surface area contributed by atoms with Crippen LogP contribution in [-0.4, -0.2) is 47.7 Å². The first-order chi connectivity index (χ1) is 10.0. The average molecular weight is 309 g/mol. The van der Waals surface area contributed by atoms with E-state index in [1.807, 2.05) is 6.07 Å². The number of carboxylic acid groups (broad SMARTS) is 1. The predicted octanol–water partition coefficient (Wildman–Crippen LogP) is 1.10. The molecule has 2 amide bonds. The number of piperazine rings is 1. The standard InChI is InChI=1S/C13H13ClN4O3/c14-10-5-9(2-1-8(10)6-15)17-12(19)11-7-16-3-4-18(11)13(20)21/h1-2,5,11,16H,3-4,7H2,(H,17,19)(H,20,21). The zero-order valence-corrected chi connectivity index (χ0v) is 11.7. The van der Waals surface area contributed by atoms with Crippen LogP contribution in [-0.2, 0) is 4.79 Å². The smallest absolute Gasteiger partial charge is 0.408 e. The summed E-state index contributed by atoms with van der Waals surface area (Å²) in [6, 6.07) is 5.62. The van der Waals surface area contributed by atoms with E-state index in [0.29, 0.717) is 17.8 Å². The second-order valence-electron chi connectivity index (χ2n) is 4.49. The lowest BCUT2D eigenvalue weighted by Gasteiger charge is -2.32. The van der Waals surface area contributed by atoms with Gasteiger partial charge >= 0.3 is 6.09 Å². The van der Waals surface area contributed by atoms with Crippen molar-refractivity contribution < 1.29 is 14.7 Å². The number of hydrogen-bond acceptors (Lipinski definition) is 4. The lowest BCUT2D eigenvalue weighted by atomic mass is 10.1. The average Bonchev–Trinajstić information content (AvgIpc) is 2.47. The van der Waals surface area contributed by atoms with E-state index >= 15 is 0 Å². The minimum Gasteiger partial charge on any atom is -0.465 e. The summed E-state index contributed by atoms with van der Waals surface area (Å²) < 4.78 is 0. The van der Waals surface area contributed by atoms with E-state index in [2.05, 4.69) is 10.6 Å². The first-order valence-corrected chi connectivity index (χ1v) is 6.61. The molecule has 0 saturated carbocycles. The highest BCUT2D eigenvalue weighted by atomic mass is 35.5. The number of halogens is 1. The van der Waals surface area contributed by atoms with Crippen molar-refractivity contribution in [1.29, 1.82) is 5.26 Å². The number of nitriles is 1. The highest BCUT2D eigenvalue weighted by Crippen LogP contribution is 2.20. The Balaban J connectivity index is 2.11. The summed E-state index contributed by atoms with van der Waals surface area (Å²) in [7, 11) is 0. The molecule has 1 aromatic rings. The Bertz CT molecular complexity index is 614. The van der Waals surface area contributed by atoms with E-state index in [0.717, 1.165) is 4.90 Å². The largest absolute Gasteiger partial charge is 0.465 e. The molecule has 0 aliphatic carbocycles. The van der Waals surface area contributed by atoms with E-state index in [9.17, 15) is 9.59 Å². The summed E-state index contributed by atoms with van der Waals surface area (Å²) in [5.74, 6) is -0.439. The van der Waals surface area contributed by atoms with E-state index in [1.54, 1.807) is 6.07 Å². The third kappa shape index (κ3) is 3.42. The van der Waals surface area contributed by atoms with Crippen molar-refractivity contribution in [2.24, 2.45) is 0 Å². The molecule has 110 valence electrons. The van der Waals surface area contributed by atoms with Crippen LogP contribution >= 0.6 is 11.6 Å². The van der Waals surface area contributed by atoms with Crippen molar-refractivity contribution in [2.75, 3.05) is 25.0 Å². The molecule has 1 aliphatic rings. The minimum atomic E-state index is -1.13. The third-order valence-corrected chi connectivity index (χ3v) is 3.46. The van der Waals surface area contributed by atoms with E-state index in [1.165, 1.54) is 12.1 Å².